The number of benzene rings is 1. The SMILES string of the molecule is COc1cncc(C(=O)N2CCC[C@@H](Nc3c(C(=O)N4CCCCC4)cc(Br)cc3[N+](=O)[O-])C2)c1. The smallest absolute Gasteiger partial charge is 0.294 e. The summed E-state index contributed by atoms with van der Waals surface area (Å²) in [6.07, 6.45) is 7.38. The molecule has 1 aromatic carbocycles. The van der Waals surface area contributed by atoms with E-state index in [1.54, 1.807) is 21.9 Å². The van der Waals surface area contributed by atoms with Crippen molar-refractivity contribution in [1.82, 2.24) is 14.8 Å². The number of likely N-dealkylation sites (tertiary alicyclic amines) is 2. The van der Waals surface area contributed by atoms with Gasteiger partial charge >= 0.3 is 0 Å². The number of ether oxygens (including phenoxy) is 1. The highest BCUT2D eigenvalue weighted by atomic mass is 79.9. The first-order valence-corrected chi connectivity index (χ1v) is 12.5. The minimum atomic E-state index is -0.478. The van der Waals surface area contributed by atoms with E-state index in [2.05, 4.69) is 26.2 Å². The summed E-state index contributed by atoms with van der Waals surface area (Å²) in [4.78, 5) is 45.4. The zero-order chi connectivity index (χ0) is 24.9. The maximum Gasteiger partial charge on any atom is 0.294 e. The monoisotopic (exact) mass is 545 g/mol. The number of halogens is 1. The normalized spacial score (nSPS) is 18.2. The van der Waals surface area contributed by atoms with Gasteiger partial charge in [0.25, 0.3) is 17.5 Å². The number of nitrogens with zero attached hydrogens (tertiary/aromatic N) is 4. The molecule has 35 heavy (non-hydrogen) atoms. The van der Waals surface area contributed by atoms with Gasteiger partial charge in [0.1, 0.15) is 11.4 Å². The molecular formula is C24H28BrN5O5. The molecule has 0 saturated carbocycles. The maximum atomic E-state index is 13.4. The molecule has 2 fully saturated rings. The van der Waals surface area contributed by atoms with E-state index >= 15 is 0 Å². The third-order valence-electron chi connectivity index (χ3n) is 6.41. The fraction of sp³-hybridized carbons (Fsp3) is 0.458. The quantitative estimate of drug-likeness (QED) is 0.428. The Kier molecular flexibility index (Phi) is 7.84. The van der Waals surface area contributed by atoms with Crippen LogP contribution in [-0.4, -0.2) is 70.9 Å². The van der Waals surface area contributed by atoms with Crippen molar-refractivity contribution >= 4 is 39.1 Å². The van der Waals surface area contributed by atoms with E-state index in [1.165, 1.54) is 25.6 Å². The second kappa shape index (κ2) is 11.0. The van der Waals surface area contributed by atoms with Gasteiger partial charge in [0, 0.05) is 49.0 Å². The molecule has 2 aliphatic heterocycles. The first-order chi connectivity index (χ1) is 16.9. The number of carbonyl (C=O) groups excluding carboxylic acids is 2. The van der Waals surface area contributed by atoms with Crippen LogP contribution in [0.15, 0.2) is 35.1 Å². The molecule has 0 radical (unpaired) electrons. The number of piperidine rings is 2. The van der Waals surface area contributed by atoms with Crippen LogP contribution < -0.4 is 10.1 Å². The lowest BCUT2D eigenvalue weighted by molar-refractivity contribution is -0.384. The van der Waals surface area contributed by atoms with E-state index in [0.717, 1.165) is 25.7 Å². The van der Waals surface area contributed by atoms with Crippen molar-refractivity contribution < 1.29 is 19.2 Å². The Hall–Kier alpha value is -3.21. The Morgan fingerprint density at radius 3 is 2.54 bits per heavy atom. The van der Waals surface area contributed by atoms with Crippen LogP contribution in [0.5, 0.6) is 5.75 Å². The highest BCUT2D eigenvalue weighted by Crippen LogP contribution is 2.35. The molecular weight excluding hydrogens is 518 g/mol. The Morgan fingerprint density at radius 2 is 1.83 bits per heavy atom. The fourth-order valence-electron chi connectivity index (χ4n) is 4.64. The van der Waals surface area contributed by atoms with Crippen LogP contribution in [0.3, 0.4) is 0 Å². The largest absolute Gasteiger partial charge is 0.495 e. The van der Waals surface area contributed by atoms with Gasteiger partial charge < -0.3 is 19.9 Å². The Balaban J connectivity index is 1.59. The topological polar surface area (TPSA) is 118 Å². The third kappa shape index (κ3) is 5.72. The molecule has 10 nitrogen and oxygen atoms in total. The number of nitrogens with one attached hydrogen (secondary N) is 1. The van der Waals surface area contributed by atoms with E-state index in [0.29, 0.717) is 48.4 Å². The van der Waals surface area contributed by atoms with Crippen LogP contribution in [0.2, 0.25) is 0 Å². The van der Waals surface area contributed by atoms with Crippen LogP contribution in [-0.2, 0) is 0 Å². The number of pyridine rings is 1. The lowest BCUT2D eigenvalue weighted by Crippen LogP contribution is -2.45. The number of rotatable bonds is 6. The maximum absolute atomic E-state index is 13.4. The minimum Gasteiger partial charge on any atom is -0.495 e. The molecule has 11 heteroatoms. The number of aromatic nitrogens is 1. The highest BCUT2D eigenvalue weighted by molar-refractivity contribution is 9.10. The lowest BCUT2D eigenvalue weighted by atomic mass is 10.0. The summed E-state index contributed by atoms with van der Waals surface area (Å²) in [5.74, 6) is 0.0921. The molecule has 0 bridgehead atoms. The van der Waals surface area contributed by atoms with Crippen molar-refractivity contribution in [3.63, 3.8) is 0 Å². The molecule has 1 N–H and O–H groups in total. The number of methoxy groups -OCH3 is 1. The molecule has 3 heterocycles. The predicted molar refractivity (Wildman–Crippen MR) is 134 cm³/mol. The molecule has 0 aliphatic carbocycles. The van der Waals surface area contributed by atoms with E-state index in [1.807, 2.05) is 0 Å². The fourth-order valence-corrected chi connectivity index (χ4v) is 5.08. The first kappa shape index (κ1) is 24.9. The summed E-state index contributed by atoms with van der Waals surface area (Å²) in [6, 6.07) is 4.43. The summed E-state index contributed by atoms with van der Waals surface area (Å²) < 4.78 is 5.65. The Bertz CT molecular complexity index is 1120. The molecule has 0 unspecified atom stereocenters. The van der Waals surface area contributed by atoms with Gasteiger partial charge in [-0.15, -0.1) is 0 Å². The van der Waals surface area contributed by atoms with E-state index in [4.69, 9.17) is 4.74 Å². The number of carbonyl (C=O) groups is 2. The van der Waals surface area contributed by atoms with Crippen molar-refractivity contribution in [2.45, 2.75) is 38.1 Å². The standard InChI is InChI=1S/C24H28BrN5O5/c1-35-19-10-16(13-26-14-19)23(31)29-9-5-6-18(15-29)27-22-20(11-17(25)12-21(22)30(33)34)24(32)28-7-3-2-4-8-28/h10-14,18,27H,2-9,15H2,1H3/t18-/m1/s1. The molecule has 2 saturated heterocycles. The summed E-state index contributed by atoms with van der Waals surface area (Å²) in [6.45, 7) is 2.19. The van der Waals surface area contributed by atoms with E-state index in [9.17, 15) is 19.7 Å². The van der Waals surface area contributed by atoms with Crippen molar-refractivity contribution in [3.05, 3.63) is 56.3 Å². The van der Waals surface area contributed by atoms with Gasteiger partial charge in [-0.2, -0.15) is 0 Å². The number of hydrogen-bond acceptors (Lipinski definition) is 7. The highest BCUT2D eigenvalue weighted by Gasteiger charge is 2.31. The van der Waals surface area contributed by atoms with Gasteiger partial charge in [0.2, 0.25) is 0 Å². The Morgan fingerprint density at radius 1 is 1.09 bits per heavy atom. The third-order valence-corrected chi connectivity index (χ3v) is 6.86. The summed E-state index contributed by atoms with van der Waals surface area (Å²) in [5, 5.41) is 15.2. The van der Waals surface area contributed by atoms with E-state index < -0.39 is 4.92 Å². The van der Waals surface area contributed by atoms with E-state index in [-0.39, 0.29) is 34.8 Å². The van der Waals surface area contributed by atoms with Crippen molar-refractivity contribution in [2.75, 3.05) is 38.6 Å². The van der Waals surface area contributed by atoms with Gasteiger partial charge in [-0.05, 0) is 44.2 Å². The molecule has 2 amide bonds. The second-order valence-corrected chi connectivity index (χ2v) is 9.72. The molecule has 1 atom stereocenters. The van der Waals surface area contributed by atoms with Gasteiger partial charge in [-0.25, -0.2) is 0 Å². The molecule has 0 spiro atoms. The predicted octanol–water partition coefficient (Wildman–Crippen LogP) is 4.10. The van der Waals surface area contributed by atoms with Gasteiger partial charge in [0.15, 0.2) is 0 Å². The van der Waals surface area contributed by atoms with Crippen molar-refractivity contribution in [2.24, 2.45) is 0 Å². The zero-order valence-electron chi connectivity index (χ0n) is 19.5. The lowest BCUT2D eigenvalue weighted by Gasteiger charge is -2.34. The van der Waals surface area contributed by atoms with Crippen molar-refractivity contribution in [1.29, 1.82) is 0 Å². The summed E-state index contributed by atoms with van der Waals surface area (Å²) in [5.41, 5.74) is 0.727. The average molecular weight is 546 g/mol. The minimum absolute atomic E-state index is 0.166. The van der Waals surface area contributed by atoms with Crippen LogP contribution >= 0.6 is 15.9 Å². The van der Waals surface area contributed by atoms with Gasteiger partial charge in [0.05, 0.1) is 29.4 Å². The molecule has 1 aromatic heterocycles. The summed E-state index contributed by atoms with van der Waals surface area (Å²) >= 11 is 3.33. The molecule has 186 valence electrons. The molecule has 4 rings (SSSR count). The second-order valence-electron chi connectivity index (χ2n) is 8.81. The van der Waals surface area contributed by atoms with Crippen LogP contribution in [0.1, 0.15) is 52.8 Å². The number of nitro groups is 1. The molecule has 2 aromatic rings. The van der Waals surface area contributed by atoms with Gasteiger partial charge in [-0.3, -0.25) is 24.7 Å². The zero-order valence-corrected chi connectivity index (χ0v) is 21.1. The first-order valence-electron chi connectivity index (χ1n) is 11.7. The van der Waals surface area contributed by atoms with Crippen LogP contribution in [0.25, 0.3) is 0 Å². The number of hydrogen-bond donors (Lipinski definition) is 1. The Labute approximate surface area is 211 Å². The molecule has 2 aliphatic rings. The van der Waals surface area contributed by atoms with Crippen molar-refractivity contribution in [3.8, 4) is 5.75 Å². The average Bonchev–Trinajstić information content (AvgIpc) is 2.89. The van der Waals surface area contributed by atoms with Gasteiger partial charge in [-0.1, -0.05) is 15.9 Å². The number of amides is 2. The summed E-state index contributed by atoms with van der Waals surface area (Å²) in [7, 11) is 1.51. The number of anilines is 1. The van der Waals surface area contributed by atoms with Crippen LogP contribution in [0.4, 0.5) is 11.4 Å². The number of nitro benzene ring substituents is 1. The van der Waals surface area contributed by atoms with Crippen LogP contribution in [0, 0.1) is 10.1 Å².